The van der Waals surface area contributed by atoms with E-state index in [0.717, 1.165) is 5.56 Å². The number of aliphatic hydroxyl groups is 2. The first-order valence-corrected chi connectivity index (χ1v) is 5.09. The van der Waals surface area contributed by atoms with Crippen molar-refractivity contribution < 1.29 is 10.2 Å². The van der Waals surface area contributed by atoms with Gasteiger partial charge >= 0.3 is 0 Å². The van der Waals surface area contributed by atoms with E-state index in [2.05, 4.69) is 0 Å². The summed E-state index contributed by atoms with van der Waals surface area (Å²) in [7, 11) is 0. The standard InChI is InChI=1S/C11H15ClO2/c1-2-10(11(12,13)14)8-9-6-4-3-5-7-9/h3-7,10,13-14H,2,8H2,1H3. The Labute approximate surface area is 89.1 Å². The van der Waals surface area contributed by atoms with Gasteiger partial charge in [0.05, 0.1) is 0 Å². The van der Waals surface area contributed by atoms with Crippen molar-refractivity contribution in [3.8, 4) is 0 Å². The topological polar surface area (TPSA) is 40.5 Å². The van der Waals surface area contributed by atoms with Gasteiger partial charge in [-0.2, -0.15) is 0 Å². The first kappa shape index (κ1) is 11.5. The zero-order chi connectivity index (χ0) is 10.6. The van der Waals surface area contributed by atoms with E-state index in [1.165, 1.54) is 0 Å². The monoisotopic (exact) mass is 214 g/mol. The van der Waals surface area contributed by atoms with Gasteiger partial charge in [0.15, 0.2) is 0 Å². The second-order valence-electron chi connectivity index (χ2n) is 3.43. The van der Waals surface area contributed by atoms with E-state index in [1.807, 2.05) is 37.3 Å². The maximum atomic E-state index is 9.26. The van der Waals surface area contributed by atoms with Crippen LogP contribution < -0.4 is 0 Å². The summed E-state index contributed by atoms with van der Waals surface area (Å²) in [4.78, 5) is 0. The van der Waals surface area contributed by atoms with Crippen molar-refractivity contribution in [1.82, 2.24) is 0 Å². The molecule has 0 saturated carbocycles. The van der Waals surface area contributed by atoms with E-state index in [-0.39, 0.29) is 5.92 Å². The normalized spacial score (nSPS) is 14.0. The second kappa shape index (κ2) is 4.78. The Kier molecular flexibility index (Phi) is 3.93. The van der Waals surface area contributed by atoms with Crippen molar-refractivity contribution >= 4 is 11.6 Å². The highest BCUT2D eigenvalue weighted by atomic mass is 35.5. The molecule has 0 bridgehead atoms. The predicted molar refractivity (Wildman–Crippen MR) is 56.9 cm³/mol. The minimum atomic E-state index is -2.11. The third kappa shape index (κ3) is 3.29. The molecule has 0 aliphatic carbocycles. The third-order valence-electron chi connectivity index (χ3n) is 2.34. The number of halogens is 1. The first-order chi connectivity index (χ1) is 6.54. The highest BCUT2D eigenvalue weighted by Crippen LogP contribution is 2.25. The maximum absolute atomic E-state index is 9.26. The Morgan fingerprint density at radius 3 is 2.29 bits per heavy atom. The van der Waals surface area contributed by atoms with Crippen LogP contribution in [0.3, 0.4) is 0 Å². The number of rotatable bonds is 4. The van der Waals surface area contributed by atoms with Crippen LogP contribution in [-0.2, 0) is 6.42 Å². The highest BCUT2D eigenvalue weighted by Gasteiger charge is 2.30. The predicted octanol–water partition coefficient (Wildman–Crippen LogP) is 2.13. The number of hydrogen-bond acceptors (Lipinski definition) is 2. The Balaban J connectivity index is 2.67. The van der Waals surface area contributed by atoms with Crippen LogP contribution in [0.5, 0.6) is 0 Å². The lowest BCUT2D eigenvalue weighted by atomic mass is 9.96. The van der Waals surface area contributed by atoms with Gasteiger partial charge in [0.2, 0.25) is 5.25 Å². The van der Waals surface area contributed by atoms with E-state index < -0.39 is 5.25 Å². The SMILES string of the molecule is CCC(Cc1ccccc1)C(O)(O)Cl. The fourth-order valence-electron chi connectivity index (χ4n) is 1.43. The maximum Gasteiger partial charge on any atom is 0.246 e. The van der Waals surface area contributed by atoms with Crippen molar-refractivity contribution in [2.24, 2.45) is 5.92 Å². The van der Waals surface area contributed by atoms with Gasteiger partial charge in [-0.15, -0.1) is 0 Å². The summed E-state index contributed by atoms with van der Waals surface area (Å²) in [6, 6.07) is 9.67. The molecule has 78 valence electrons. The molecule has 0 aliphatic rings. The molecule has 2 nitrogen and oxygen atoms in total. The van der Waals surface area contributed by atoms with E-state index >= 15 is 0 Å². The largest absolute Gasteiger partial charge is 0.353 e. The van der Waals surface area contributed by atoms with E-state index in [4.69, 9.17) is 11.6 Å². The molecule has 1 atom stereocenters. The zero-order valence-corrected chi connectivity index (χ0v) is 8.91. The van der Waals surface area contributed by atoms with Gasteiger partial charge in [0.25, 0.3) is 0 Å². The third-order valence-corrected chi connectivity index (χ3v) is 2.65. The van der Waals surface area contributed by atoms with Crippen molar-refractivity contribution in [2.75, 3.05) is 0 Å². The van der Waals surface area contributed by atoms with Crippen LogP contribution in [0.1, 0.15) is 18.9 Å². The van der Waals surface area contributed by atoms with Gasteiger partial charge < -0.3 is 10.2 Å². The zero-order valence-electron chi connectivity index (χ0n) is 8.15. The van der Waals surface area contributed by atoms with Crippen molar-refractivity contribution in [3.63, 3.8) is 0 Å². The molecule has 1 rings (SSSR count). The number of alkyl halides is 1. The van der Waals surface area contributed by atoms with Gasteiger partial charge in [0, 0.05) is 5.92 Å². The summed E-state index contributed by atoms with van der Waals surface area (Å²) in [6.07, 6.45) is 1.21. The average Bonchev–Trinajstić information content (AvgIpc) is 2.14. The molecule has 3 heteroatoms. The summed E-state index contributed by atoms with van der Waals surface area (Å²) >= 11 is 5.46. The fourth-order valence-corrected chi connectivity index (χ4v) is 1.66. The Morgan fingerprint density at radius 1 is 1.29 bits per heavy atom. The highest BCUT2D eigenvalue weighted by molar-refractivity contribution is 6.21. The lowest BCUT2D eigenvalue weighted by Crippen LogP contribution is -2.32. The van der Waals surface area contributed by atoms with E-state index in [9.17, 15) is 10.2 Å². The van der Waals surface area contributed by atoms with Crippen LogP contribution in [0.15, 0.2) is 30.3 Å². The number of hydrogen-bond donors (Lipinski definition) is 2. The summed E-state index contributed by atoms with van der Waals surface area (Å²) in [5.41, 5.74) is 1.06. The molecule has 0 saturated heterocycles. The number of benzene rings is 1. The van der Waals surface area contributed by atoms with Crippen LogP contribution >= 0.6 is 11.6 Å². The molecular formula is C11H15ClO2. The smallest absolute Gasteiger partial charge is 0.246 e. The second-order valence-corrected chi connectivity index (χ2v) is 3.99. The lowest BCUT2D eigenvalue weighted by Gasteiger charge is -2.24. The molecule has 0 fully saturated rings. The van der Waals surface area contributed by atoms with Crippen LogP contribution in [0.4, 0.5) is 0 Å². The molecule has 1 aromatic rings. The Morgan fingerprint density at radius 2 is 1.86 bits per heavy atom. The Hall–Kier alpha value is -0.570. The molecule has 1 aromatic carbocycles. The molecule has 0 spiro atoms. The first-order valence-electron chi connectivity index (χ1n) is 4.71. The fraction of sp³-hybridized carbons (Fsp3) is 0.455. The lowest BCUT2D eigenvalue weighted by molar-refractivity contribution is -0.128. The molecule has 0 aliphatic heterocycles. The Bertz CT molecular complexity index is 266. The summed E-state index contributed by atoms with van der Waals surface area (Å²) < 4.78 is 0. The van der Waals surface area contributed by atoms with Crippen LogP contribution in [0.25, 0.3) is 0 Å². The molecule has 1 unspecified atom stereocenters. The van der Waals surface area contributed by atoms with Crippen molar-refractivity contribution in [2.45, 2.75) is 25.0 Å². The molecule has 0 amide bonds. The molecule has 14 heavy (non-hydrogen) atoms. The van der Waals surface area contributed by atoms with Gasteiger partial charge in [-0.1, -0.05) is 48.9 Å². The summed E-state index contributed by atoms with van der Waals surface area (Å²) in [5.74, 6) is -0.341. The minimum absolute atomic E-state index is 0.341. The van der Waals surface area contributed by atoms with Gasteiger partial charge in [0.1, 0.15) is 0 Å². The average molecular weight is 215 g/mol. The van der Waals surface area contributed by atoms with E-state index in [0.29, 0.717) is 12.8 Å². The summed E-state index contributed by atoms with van der Waals surface area (Å²) in [6.45, 7) is 1.89. The van der Waals surface area contributed by atoms with Gasteiger partial charge in [-0.3, -0.25) is 0 Å². The molecule has 0 aromatic heterocycles. The summed E-state index contributed by atoms with van der Waals surface area (Å²) in [5, 5.41) is 16.4. The van der Waals surface area contributed by atoms with Gasteiger partial charge in [-0.05, 0) is 18.4 Å². The molecular weight excluding hydrogens is 200 g/mol. The molecule has 0 heterocycles. The van der Waals surface area contributed by atoms with Crippen molar-refractivity contribution in [1.29, 1.82) is 0 Å². The molecule has 0 radical (unpaired) electrons. The minimum Gasteiger partial charge on any atom is -0.353 e. The van der Waals surface area contributed by atoms with Crippen LogP contribution in [0.2, 0.25) is 0 Å². The quantitative estimate of drug-likeness (QED) is 0.596. The van der Waals surface area contributed by atoms with E-state index in [1.54, 1.807) is 0 Å². The van der Waals surface area contributed by atoms with Crippen LogP contribution in [-0.4, -0.2) is 15.5 Å². The molecule has 2 N–H and O–H groups in total. The van der Waals surface area contributed by atoms with Gasteiger partial charge in [-0.25, -0.2) is 0 Å². The van der Waals surface area contributed by atoms with Crippen LogP contribution in [0, 0.1) is 5.92 Å². The van der Waals surface area contributed by atoms with Crippen molar-refractivity contribution in [3.05, 3.63) is 35.9 Å².